The highest BCUT2D eigenvalue weighted by Gasteiger charge is 2.23. The first-order valence-electron chi connectivity index (χ1n) is 13.3. The number of carbonyl (C=O) groups is 4. The molecule has 0 heterocycles. The van der Waals surface area contributed by atoms with Gasteiger partial charge in [0.05, 0.1) is 26.7 Å². The molecule has 0 radical (unpaired) electrons. The van der Waals surface area contributed by atoms with Gasteiger partial charge in [0.1, 0.15) is 12.6 Å². The van der Waals surface area contributed by atoms with Crippen LogP contribution in [0, 0.1) is 5.41 Å². The molecule has 1 N–H and O–H groups in total. The normalized spacial score (nSPS) is 11.7. The standard InChI is InChI=1S/C28H43NO10/c1-7-9-14-36-26(32)38-22-12-11-20(18-23(22)39-27(33)37-15-10-8-2)17-21(25(31)34-6)29-13-16-35-24(30)19-28(3,4)5/h11-12,18,21,29H,7-10,13-17,19H2,1-6H3/t21-/m0/s1. The van der Waals surface area contributed by atoms with Crippen LogP contribution in [0.2, 0.25) is 0 Å². The molecular formula is C28H43NO10. The van der Waals surface area contributed by atoms with E-state index < -0.39 is 24.3 Å². The lowest BCUT2D eigenvalue weighted by Gasteiger charge is -2.19. The molecule has 0 amide bonds. The van der Waals surface area contributed by atoms with Crippen molar-refractivity contribution in [1.82, 2.24) is 5.32 Å². The van der Waals surface area contributed by atoms with Crippen LogP contribution in [0.3, 0.4) is 0 Å². The summed E-state index contributed by atoms with van der Waals surface area (Å²) in [4.78, 5) is 48.6. The summed E-state index contributed by atoms with van der Waals surface area (Å²) < 4.78 is 30.8. The maximum atomic E-state index is 12.4. The van der Waals surface area contributed by atoms with E-state index in [1.54, 1.807) is 6.07 Å². The Morgan fingerprint density at radius 2 is 1.44 bits per heavy atom. The van der Waals surface area contributed by atoms with Crippen LogP contribution in [0.4, 0.5) is 9.59 Å². The number of carbonyl (C=O) groups excluding carboxylic acids is 4. The van der Waals surface area contributed by atoms with Crippen LogP contribution >= 0.6 is 0 Å². The van der Waals surface area contributed by atoms with Gasteiger partial charge in [-0.3, -0.25) is 9.59 Å². The van der Waals surface area contributed by atoms with E-state index in [4.69, 9.17) is 28.4 Å². The number of hydrogen-bond donors (Lipinski definition) is 1. The topological polar surface area (TPSA) is 136 Å². The van der Waals surface area contributed by atoms with Crippen LogP contribution in [0.25, 0.3) is 0 Å². The van der Waals surface area contributed by atoms with Crippen LogP contribution in [0.1, 0.15) is 72.3 Å². The van der Waals surface area contributed by atoms with Gasteiger partial charge < -0.3 is 33.7 Å². The molecule has 0 aliphatic heterocycles. The third kappa shape index (κ3) is 15.0. The maximum Gasteiger partial charge on any atom is 0.513 e. The molecule has 11 nitrogen and oxygen atoms in total. The lowest BCUT2D eigenvalue weighted by molar-refractivity contribution is -0.145. The van der Waals surface area contributed by atoms with Gasteiger partial charge in [-0.25, -0.2) is 9.59 Å². The molecule has 11 heteroatoms. The van der Waals surface area contributed by atoms with E-state index in [0.717, 1.165) is 12.8 Å². The first kappa shape index (κ1) is 33.7. The zero-order chi connectivity index (χ0) is 29.3. The van der Waals surface area contributed by atoms with E-state index in [9.17, 15) is 19.2 Å². The van der Waals surface area contributed by atoms with Crippen LogP contribution in [-0.4, -0.2) is 63.8 Å². The van der Waals surface area contributed by atoms with Gasteiger partial charge in [0, 0.05) is 6.54 Å². The molecule has 0 aliphatic rings. The predicted molar refractivity (Wildman–Crippen MR) is 143 cm³/mol. The fraction of sp³-hybridized carbons (Fsp3) is 0.643. The third-order valence-electron chi connectivity index (χ3n) is 5.19. The Morgan fingerprint density at radius 1 is 0.846 bits per heavy atom. The molecule has 0 aliphatic carbocycles. The molecule has 1 aromatic carbocycles. The summed E-state index contributed by atoms with van der Waals surface area (Å²) >= 11 is 0. The summed E-state index contributed by atoms with van der Waals surface area (Å²) in [6, 6.07) is 3.74. The number of methoxy groups -OCH3 is 1. The summed E-state index contributed by atoms with van der Waals surface area (Å²) in [6.45, 7) is 10.4. The Morgan fingerprint density at radius 3 is 1.97 bits per heavy atom. The lowest BCUT2D eigenvalue weighted by Crippen LogP contribution is -2.41. The Labute approximate surface area is 230 Å². The van der Waals surface area contributed by atoms with E-state index in [0.29, 0.717) is 18.4 Å². The molecule has 0 unspecified atom stereocenters. The molecule has 220 valence electrons. The summed E-state index contributed by atoms with van der Waals surface area (Å²) in [5.41, 5.74) is 0.384. The zero-order valence-corrected chi connectivity index (χ0v) is 24.0. The second-order valence-corrected chi connectivity index (χ2v) is 10.1. The summed E-state index contributed by atoms with van der Waals surface area (Å²) in [6.07, 6.45) is 1.55. The second-order valence-electron chi connectivity index (χ2n) is 10.1. The van der Waals surface area contributed by atoms with Crippen molar-refractivity contribution in [1.29, 1.82) is 0 Å². The minimum absolute atomic E-state index is 0.0407. The highest BCUT2D eigenvalue weighted by molar-refractivity contribution is 5.76. The first-order chi connectivity index (χ1) is 18.5. The molecule has 1 aromatic rings. The average molecular weight is 554 g/mol. The fourth-order valence-corrected chi connectivity index (χ4v) is 3.18. The van der Waals surface area contributed by atoms with E-state index in [-0.39, 0.29) is 62.1 Å². The van der Waals surface area contributed by atoms with Gasteiger partial charge in [-0.1, -0.05) is 53.5 Å². The van der Waals surface area contributed by atoms with E-state index >= 15 is 0 Å². The minimum Gasteiger partial charge on any atom is -0.468 e. The molecule has 0 fully saturated rings. The van der Waals surface area contributed by atoms with Crippen molar-refractivity contribution in [3.63, 3.8) is 0 Å². The highest BCUT2D eigenvalue weighted by atomic mass is 16.7. The van der Waals surface area contributed by atoms with Crippen LogP contribution < -0.4 is 14.8 Å². The van der Waals surface area contributed by atoms with Crippen molar-refractivity contribution in [2.45, 2.75) is 79.2 Å². The van der Waals surface area contributed by atoms with E-state index in [1.807, 2.05) is 34.6 Å². The molecule has 0 saturated carbocycles. The Kier molecular flexibility index (Phi) is 15.6. The van der Waals surface area contributed by atoms with Crippen molar-refractivity contribution < 1.29 is 47.6 Å². The third-order valence-corrected chi connectivity index (χ3v) is 5.19. The Hall–Kier alpha value is -3.34. The quantitative estimate of drug-likeness (QED) is 0.129. The van der Waals surface area contributed by atoms with Gasteiger partial charge in [0.2, 0.25) is 0 Å². The van der Waals surface area contributed by atoms with Gasteiger partial charge in [0.15, 0.2) is 11.5 Å². The van der Waals surface area contributed by atoms with Crippen molar-refractivity contribution in [2.75, 3.05) is 33.5 Å². The minimum atomic E-state index is -0.954. The van der Waals surface area contributed by atoms with E-state index in [1.165, 1.54) is 19.2 Å². The van der Waals surface area contributed by atoms with Crippen molar-refractivity contribution >= 4 is 24.2 Å². The number of benzene rings is 1. The number of nitrogens with one attached hydrogen (secondary N) is 1. The number of hydrogen-bond acceptors (Lipinski definition) is 11. The molecular weight excluding hydrogens is 510 g/mol. The lowest BCUT2D eigenvalue weighted by atomic mass is 9.93. The number of ether oxygens (including phenoxy) is 6. The molecule has 1 rings (SSSR count). The molecule has 1 atom stereocenters. The van der Waals surface area contributed by atoms with E-state index in [2.05, 4.69) is 5.32 Å². The predicted octanol–water partition coefficient (Wildman–Crippen LogP) is 4.97. The molecule has 0 aromatic heterocycles. The molecule has 0 spiro atoms. The second kappa shape index (κ2) is 18.0. The largest absolute Gasteiger partial charge is 0.513 e. The van der Waals surface area contributed by atoms with Crippen LogP contribution in [0.15, 0.2) is 18.2 Å². The van der Waals surface area contributed by atoms with Crippen LogP contribution in [-0.2, 0) is 35.0 Å². The van der Waals surface area contributed by atoms with Gasteiger partial charge in [0.25, 0.3) is 0 Å². The van der Waals surface area contributed by atoms with Gasteiger partial charge in [-0.15, -0.1) is 0 Å². The molecule has 0 bridgehead atoms. The molecule has 39 heavy (non-hydrogen) atoms. The molecule has 0 saturated heterocycles. The van der Waals surface area contributed by atoms with Gasteiger partial charge >= 0.3 is 24.2 Å². The zero-order valence-electron chi connectivity index (χ0n) is 24.0. The number of rotatable bonds is 16. The SMILES string of the molecule is CCCCOC(=O)Oc1ccc(C[C@H](NCCOC(=O)CC(C)(C)C)C(=O)OC)cc1OC(=O)OCCCC. The highest BCUT2D eigenvalue weighted by Crippen LogP contribution is 2.30. The smallest absolute Gasteiger partial charge is 0.468 e. The van der Waals surface area contributed by atoms with Crippen molar-refractivity contribution in [3.8, 4) is 11.5 Å². The van der Waals surface area contributed by atoms with Crippen LogP contribution in [0.5, 0.6) is 11.5 Å². The van der Waals surface area contributed by atoms with Crippen molar-refractivity contribution in [3.05, 3.63) is 23.8 Å². The Balaban J connectivity index is 2.94. The summed E-state index contributed by atoms with van der Waals surface area (Å²) in [5, 5.41) is 3.02. The first-order valence-corrected chi connectivity index (χ1v) is 13.3. The fourth-order valence-electron chi connectivity index (χ4n) is 3.18. The Bertz CT molecular complexity index is 925. The number of unbranched alkanes of at least 4 members (excludes halogenated alkanes) is 2. The number of esters is 2. The summed E-state index contributed by atoms with van der Waals surface area (Å²) in [7, 11) is 1.27. The van der Waals surface area contributed by atoms with Crippen molar-refractivity contribution in [2.24, 2.45) is 5.41 Å². The maximum absolute atomic E-state index is 12.4. The van der Waals surface area contributed by atoms with Gasteiger partial charge in [-0.2, -0.15) is 0 Å². The average Bonchev–Trinajstić information content (AvgIpc) is 2.86. The summed E-state index contributed by atoms with van der Waals surface area (Å²) in [5.74, 6) is -0.963. The van der Waals surface area contributed by atoms with Gasteiger partial charge in [-0.05, 0) is 42.4 Å². The monoisotopic (exact) mass is 553 g/mol.